The van der Waals surface area contributed by atoms with E-state index in [9.17, 15) is 6.48 Å². The van der Waals surface area contributed by atoms with E-state index in [-0.39, 0.29) is 72.0 Å². The first kappa shape index (κ1) is 35.7. The minimum absolute atomic E-state index is 0. The second kappa shape index (κ2) is 19.0. The van der Waals surface area contributed by atoms with Gasteiger partial charge in [0.15, 0.2) is 0 Å². The second-order valence-electron chi connectivity index (χ2n) is 20.0. The Balaban J connectivity index is 0.00000822. The third-order valence-electron chi connectivity index (χ3n) is 12.5. The molecule has 2 aromatic heterocycles. The quantitative estimate of drug-likeness (QED) is 0.147. The third kappa shape index (κ3) is 9.41. The van der Waals surface area contributed by atoms with Gasteiger partial charge in [-0.15, -0.1) is 29.3 Å². The van der Waals surface area contributed by atoms with Crippen molar-refractivity contribution in [3.8, 4) is 78.6 Å². The van der Waals surface area contributed by atoms with Gasteiger partial charge in [-0.1, -0.05) is 189 Å². The molecule has 4 nitrogen and oxygen atoms in total. The van der Waals surface area contributed by atoms with Crippen LogP contribution in [-0.2, 0) is 31.9 Å². The molecule has 0 spiro atoms. The van der Waals surface area contributed by atoms with Gasteiger partial charge in [0.25, 0.3) is 0 Å². The van der Waals surface area contributed by atoms with Crippen LogP contribution in [-0.4, -0.2) is 19.6 Å². The number of aromatic nitrogens is 3. The fourth-order valence-electron chi connectivity index (χ4n) is 8.60. The van der Waals surface area contributed by atoms with E-state index in [0.717, 1.165) is 33.4 Å². The van der Waals surface area contributed by atoms with Crippen LogP contribution in [0.3, 0.4) is 0 Å². The summed E-state index contributed by atoms with van der Waals surface area (Å²) in [5.74, 6) is 0.363. The maximum absolute atomic E-state index is 12.5. The normalized spacial score (nSPS) is 14.4. The van der Waals surface area contributed by atoms with Crippen molar-refractivity contribution in [1.29, 1.82) is 0 Å². The Bertz CT molecular complexity index is 3830. The predicted molar refractivity (Wildman–Crippen MR) is 282 cm³/mol. The summed E-state index contributed by atoms with van der Waals surface area (Å²) in [7, 11) is 0. The van der Waals surface area contributed by atoms with Crippen molar-refractivity contribution in [2.24, 2.45) is 0 Å². The Hall–Kier alpha value is -6.35. The minimum Gasteiger partial charge on any atom is -0.507 e. The van der Waals surface area contributed by atoms with Crippen LogP contribution in [0.5, 0.6) is 5.75 Å². The Morgan fingerprint density at radius 3 is 1.99 bits per heavy atom. The molecule has 0 fully saturated rings. The van der Waals surface area contributed by atoms with E-state index in [4.69, 9.17) is 18.7 Å². The van der Waals surface area contributed by atoms with Gasteiger partial charge in [0.2, 0.25) is 0 Å². The van der Waals surface area contributed by atoms with Gasteiger partial charge >= 0.3 is 0 Å². The van der Waals surface area contributed by atoms with Crippen molar-refractivity contribution in [3.05, 3.63) is 192 Å². The number of para-hydroxylation sites is 1. The first-order valence-electron chi connectivity index (χ1n) is 28.4. The molecule has 0 aliphatic heterocycles. The molecule has 0 bridgehead atoms. The maximum atomic E-state index is 12.5. The molecule has 7 aromatic carbocycles. The molecule has 0 unspecified atom stereocenters. The molecule has 2 heterocycles. The van der Waals surface area contributed by atoms with E-state index < -0.39 is 60.7 Å². The number of imidazole rings is 1. The van der Waals surface area contributed by atoms with Crippen molar-refractivity contribution in [1.82, 2.24) is 14.5 Å². The molecule has 0 saturated heterocycles. The predicted octanol–water partition coefficient (Wildman–Crippen LogP) is 17.1. The van der Waals surface area contributed by atoms with Crippen molar-refractivity contribution in [3.63, 3.8) is 0 Å². The van der Waals surface area contributed by atoms with Crippen molar-refractivity contribution in [2.45, 2.75) is 98.8 Å². The Morgan fingerprint density at radius 2 is 1.32 bits per heavy atom. The summed E-state index contributed by atoms with van der Waals surface area (Å²) in [6.45, 7) is 18.1. The maximum Gasteiger partial charge on any atom is 0.148 e. The van der Waals surface area contributed by atoms with Crippen LogP contribution >= 0.6 is 0 Å². The van der Waals surface area contributed by atoms with Gasteiger partial charge in [0, 0.05) is 42.6 Å². The molecule has 0 aliphatic rings. The molecule has 0 radical (unpaired) electrons. The molecule has 0 aliphatic carbocycles. The van der Waals surface area contributed by atoms with Crippen LogP contribution < -0.4 is 0 Å². The van der Waals surface area contributed by atoms with Crippen molar-refractivity contribution in [2.75, 3.05) is 0 Å². The van der Waals surface area contributed by atoms with Gasteiger partial charge in [-0.25, -0.2) is 4.98 Å². The van der Waals surface area contributed by atoms with Gasteiger partial charge in [-0.3, -0.25) is 9.55 Å². The van der Waals surface area contributed by atoms with Crippen LogP contribution in [0.4, 0.5) is 0 Å². The molecule has 9 rings (SSSR count). The number of fused-ring (bicyclic) bond motifs is 1. The van der Waals surface area contributed by atoms with E-state index in [1.54, 1.807) is 12.1 Å². The standard InChI is InChI=1S/C63H62N3O.Pt/c1-39(2)46-35-52(40(3)4)60(67)55(36-46)61-65-59-51(47-32-48(34-50(33-47)63(9,10)11)56-37-45(29-30-64-56)42-19-14-12-15-20-42)23-18-24-57(59)66(61)58-31-41(5)53(38-54(58)43-21-16-13-17-22-43)44-25-27-49(28-26-44)62(6,7)8;/h12-31,33-40,67H,1-11H3;/q-1;/i5D3,12D,14D,15D,19D,20D,29D,30D,37D;. The molecule has 1 N–H and O–H groups in total. The fraction of sp³-hybridized carbons (Fsp3) is 0.238. The average Bonchev–Trinajstić information content (AvgIpc) is 4.05. The number of rotatable bonds is 9. The fourth-order valence-corrected chi connectivity index (χ4v) is 8.60. The number of aromatic hydroxyl groups is 1. The number of pyridine rings is 1. The Kier molecular flexibility index (Phi) is 9.97. The van der Waals surface area contributed by atoms with Crippen LogP contribution in [0.2, 0.25) is 0 Å². The van der Waals surface area contributed by atoms with Crippen molar-refractivity contribution >= 4 is 11.0 Å². The summed E-state index contributed by atoms with van der Waals surface area (Å²) in [6, 6.07) is 34.3. The summed E-state index contributed by atoms with van der Waals surface area (Å²) in [6.07, 6.45) is -0.563. The largest absolute Gasteiger partial charge is 0.507 e. The number of benzene rings is 7. The zero-order valence-corrected chi connectivity index (χ0v) is 42.4. The first-order valence-corrected chi connectivity index (χ1v) is 22.9. The summed E-state index contributed by atoms with van der Waals surface area (Å²) in [4.78, 5) is 9.96. The van der Waals surface area contributed by atoms with Crippen LogP contribution in [0, 0.1) is 12.9 Å². The average molecular weight is 1080 g/mol. The topological polar surface area (TPSA) is 50.9 Å². The monoisotopic (exact) mass is 1080 g/mol. The summed E-state index contributed by atoms with van der Waals surface area (Å²) in [5.41, 5.74) is 8.39. The zero-order chi connectivity index (χ0) is 56.8. The molecule has 346 valence electrons. The number of hydrogen-bond donors (Lipinski definition) is 1. The second-order valence-corrected chi connectivity index (χ2v) is 20.0. The smallest absolute Gasteiger partial charge is 0.148 e. The summed E-state index contributed by atoms with van der Waals surface area (Å²) >= 11 is 0. The minimum atomic E-state index is -2.59. The van der Waals surface area contributed by atoms with E-state index in [2.05, 4.69) is 45.7 Å². The molecule has 0 amide bonds. The molecule has 9 aromatic rings. The Labute approximate surface area is 433 Å². The van der Waals surface area contributed by atoms with Gasteiger partial charge in [0.05, 0.1) is 33.3 Å². The number of nitrogens with zero attached hydrogens (tertiary/aromatic N) is 3. The van der Waals surface area contributed by atoms with E-state index in [1.165, 1.54) is 0 Å². The van der Waals surface area contributed by atoms with Crippen LogP contribution in [0.15, 0.2) is 158 Å². The molecule has 68 heavy (non-hydrogen) atoms. The Morgan fingerprint density at radius 1 is 0.632 bits per heavy atom. The zero-order valence-electron chi connectivity index (χ0n) is 51.2. The van der Waals surface area contributed by atoms with Gasteiger partial charge in [-0.2, -0.15) is 0 Å². The number of phenolic OH excluding ortho intramolecular Hbond substituents is 1. The van der Waals surface area contributed by atoms with E-state index in [0.29, 0.717) is 50.4 Å². The molecular weight excluding hydrogens is 1010 g/mol. The van der Waals surface area contributed by atoms with E-state index >= 15 is 0 Å². The number of phenols is 1. The summed E-state index contributed by atoms with van der Waals surface area (Å²) in [5, 5.41) is 12.5. The number of hydrogen-bond acceptors (Lipinski definition) is 3. The summed E-state index contributed by atoms with van der Waals surface area (Å²) < 4.78 is 99.2. The van der Waals surface area contributed by atoms with Gasteiger partial charge < -0.3 is 5.11 Å². The SMILES string of the molecule is [2H]c1nc(-c2[c-]c(-c3cccc4c3nc(-c3cc(C(C)C)cc(C(C)C)c3O)n4-c3cc(C([2H])([2H])[2H])c(-c4ccc(C(C)(C)C)cc4)cc3-c3ccccc3)cc(C(C)(C)C)c2)c([2H])c(-c2c([2H])c([2H])c([2H])c([2H])c2[2H])c1[2H].[Pt]. The third-order valence-corrected chi connectivity index (χ3v) is 12.5. The van der Waals surface area contributed by atoms with Gasteiger partial charge in [0.1, 0.15) is 11.6 Å². The van der Waals surface area contributed by atoms with E-state index in [1.807, 2.05) is 136 Å². The van der Waals surface area contributed by atoms with Gasteiger partial charge in [-0.05, 0) is 110 Å². The van der Waals surface area contributed by atoms with Crippen LogP contribution in [0.1, 0.15) is 124 Å². The number of aryl methyl sites for hydroxylation is 1. The molecule has 0 saturated carbocycles. The first-order chi connectivity index (χ1) is 36.5. The van der Waals surface area contributed by atoms with Crippen molar-refractivity contribution < 1.29 is 41.3 Å². The molecule has 5 heteroatoms. The molecular formula is C63H62N3OPt-. The molecule has 0 atom stereocenters. The van der Waals surface area contributed by atoms with Crippen LogP contribution in [0.25, 0.3) is 83.9 Å².